The number of anilines is 2. The third-order valence-corrected chi connectivity index (χ3v) is 28.2. The number of amides is 6. The molecule has 6 amide bonds. The lowest BCUT2D eigenvalue weighted by Gasteiger charge is -2.58. The summed E-state index contributed by atoms with van der Waals surface area (Å²) in [7, 11) is 0. The first-order chi connectivity index (χ1) is 55.7. The molecule has 2 aromatic rings. The average Bonchev–Trinajstić information content (AvgIpc) is 1.10. The maximum atomic E-state index is 12.9. The summed E-state index contributed by atoms with van der Waals surface area (Å²) in [6.45, 7) is 17.0. The summed E-state index contributed by atoms with van der Waals surface area (Å²) < 4.78 is 106. The molecule has 16 bridgehead atoms. The molecule has 118 heavy (non-hydrogen) atoms. The minimum absolute atomic E-state index is 0.0148. The number of aromatic nitrogens is 4. The molecule has 30 nitrogen and oxygen atoms in total. The van der Waals surface area contributed by atoms with Gasteiger partial charge in [0.05, 0.1) is 11.5 Å². The van der Waals surface area contributed by atoms with Crippen LogP contribution in [-0.4, -0.2) is 201 Å². The van der Waals surface area contributed by atoms with Gasteiger partial charge >= 0.3 is 61.3 Å². The molecule has 6 heterocycles. The van der Waals surface area contributed by atoms with Gasteiger partial charge in [0.25, 0.3) is 0 Å². The Morgan fingerprint density at radius 2 is 0.729 bits per heavy atom. The van der Waals surface area contributed by atoms with Gasteiger partial charge in [0.2, 0.25) is 17.8 Å². The van der Waals surface area contributed by atoms with Gasteiger partial charge in [0.15, 0.2) is 0 Å². The SMILES string of the molecule is CC12CC3CC(C1)C(OC(=O)N1CC[C@@H](N)C1)C(C3)C2.CC12CC3CC(C1)C(OC(=O)N1CC[C@@H](NC(=O)OC(C)(C)C)C1)C(C3)C2.CC12CC3CC(C1)C(OC(=O)N1CC[C@@H](Nc4nccc(C(F)(F)F)n4)C1)C(C3)C2.NC(=O)C12CC3CC(C1)C(OC(=O)N1CC[C@@H](Nc4nccc(C(F)(F)F)n4)C1)C(C3)C2.O=C=O.O=C=O.O=C=O. The Morgan fingerprint density at radius 3 is 1.02 bits per heavy atom. The topological polar surface area (TPSA) is 404 Å². The molecular weight excluding hydrogens is 1550 g/mol. The zero-order chi connectivity index (χ0) is 85.2. The summed E-state index contributed by atoms with van der Waals surface area (Å²) in [5, 5.41) is 8.68. The van der Waals surface area contributed by atoms with E-state index >= 15 is 0 Å². The first kappa shape index (κ1) is 88.5. The quantitative estimate of drug-likeness (QED) is 0.109. The molecule has 0 spiro atoms. The van der Waals surface area contributed by atoms with Crippen molar-refractivity contribution < 1.29 is 108 Å². The fourth-order valence-electron chi connectivity index (χ4n) is 25.1. The van der Waals surface area contributed by atoms with Crippen LogP contribution in [0.15, 0.2) is 24.5 Å². The number of hydrogen-bond donors (Lipinski definition) is 5. The van der Waals surface area contributed by atoms with Crippen molar-refractivity contribution in [2.45, 2.75) is 262 Å². The van der Waals surface area contributed by atoms with Crippen LogP contribution in [-0.2, 0) is 69.6 Å². The second-order valence-corrected chi connectivity index (χ2v) is 38.9. The number of ether oxygens (including phenoxy) is 5. The molecule has 36 heteroatoms. The number of rotatable bonds is 10. The Hall–Kier alpha value is -8.74. The highest BCUT2D eigenvalue weighted by molar-refractivity contribution is 5.81. The number of likely N-dealkylation sites (tertiary alicyclic amines) is 4. The summed E-state index contributed by atoms with van der Waals surface area (Å²) in [5.74, 6) is 6.18. The van der Waals surface area contributed by atoms with Crippen molar-refractivity contribution in [1.82, 2.24) is 44.9 Å². The molecular formula is C82H113F6N13O17. The number of nitrogens with two attached hydrogens (primary N) is 2. The molecule has 16 saturated carbocycles. The second kappa shape index (κ2) is 35.9. The number of alkyl halides is 6. The van der Waals surface area contributed by atoms with Crippen LogP contribution in [0.4, 0.5) is 62.2 Å². The van der Waals surface area contributed by atoms with Crippen LogP contribution in [0.2, 0.25) is 0 Å². The minimum Gasteiger partial charge on any atom is -0.446 e. The summed E-state index contributed by atoms with van der Waals surface area (Å²) in [6.07, 6.45) is 18.1. The molecule has 0 radical (unpaired) electrons. The number of nitrogens with one attached hydrogen (secondary N) is 3. The van der Waals surface area contributed by atoms with Gasteiger partial charge in [-0.2, -0.15) is 55.1 Å². The highest BCUT2D eigenvalue weighted by atomic mass is 19.4. The molecule has 0 aromatic carbocycles. The van der Waals surface area contributed by atoms with E-state index in [-0.39, 0.29) is 115 Å². The van der Waals surface area contributed by atoms with Crippen molar-refractivity contribution in [1.29, 1.82) is 0 Å². The molecule has 4 saturated heterocycles. The Bertz CT molecular complexity index is 3950. The fraction of sp³-hybridized carbons (Fsp3) is 0.793. The summed E-state index contributed by atoms with van der Waals surface area (Å²) >= 11 is 0. The third-order valence-electron chi connectivity index (χ3n) is 28.2. The normalized spacial score (nSPS) is 37.0. The molecule has 7 N–H and O–H groups in total. The van der Waals surface area contributed by atoms with Crippen LogP contribution in [0.3, 0.4) is 0 Å². The Kier molecular flexibility index (Phi) is 26.9. The highest BCUT2D eigenvalue weighted by Crippen LogP contribution is 2.64. The van der Waals surface area contributed by atoms with Gasteiger partial charge in [-0.15, -0.1) is 0 Å². The van der Waals surface area contributed by atoms with Crippen LogP contribution < -0.4 is 27.4 Å². The predicted octanol–water partition coefficient (Wildman–Crippen LogP) is 11.7. The lowest BCUT2D eigenvalue weighted by molar-refractivity contribution is -0.193. The second-order valence-electron chi connectivity index (χ2n) is 38.9. The maximum absolute atomic E-state index is 12.9. The van der Waals surface area contributed by atoms with Gasteiger partial charge in [-0.1, -0.05) is 20.8 Å². The summed E-state index contributed by atoms with van der Waals surface area (Å²) in [5.41, 5.74) is 10.1. The number of halogens is 6. The van der Waals surface area contributed by atoms with E-state index in [9.17, 15) is 55.1 Å². The van der Waals surface area contributed by atoms with E-state index in [1.807, 2.05) is 20.8 Å². The first-order valence-corrected chi connectivity index (χ1v) is 41.9. The largest absolute Gasteiger partial charge is 0.446 e. The molecule has 2 aromatic heterocycles. The highest BCUT2D eigenvalue weighted by Gasteiger charge is 2.61. The minimum atomic E-state index is -4.55. The third kappa shape index (κ3) is 21.3. The summed E-state index contributed by atoms with van der Waals surface area (Å²) in [4.78, 5) is 145. The van der Waals surface area contributed by atoms with Crippen molar-refractivity contribution >= 4 is 66.7 Å². The van der Waals surface area contributed by atoms with Crippen LogP contribution in [0.25, 0.3) is 0 Å². The van der Waals surface area contributed by atoms with Crippen LogP contribution in [0.5, 0.6) is 0 Å². The smallest absolute Gasteiger partial charge is 0.433 e. The van der Waals surface area contributed by atoms with E-state index in [2.05, 4.69) is 56.7 Å². The van der Waals surface area contributed by atoms with E-state index < -0.39 is 46.9 Å². The number of carbonyl (C=O) groups is 6. The van der Waals surface area contributed by atoms with Crippen LogP contribution in [0.1, 0.15) is 207 Å². The monoisotopic (exact) mass is 1670 g/mol. The van der Waals surface area contributed by atoms with E-state index in [0.29, 0.717) is 129 Å². The Labute approximate surface area is 681 Å². The van der Waals surface area contributed by atoms with E-state index in [0.717, 1.165) is 93.8 Å². The summed E-state index contributed by atoms with van der Waals surface area (Å²) in [6, 6.07) is 1.28. The zero-order valence-corrected chi connectivity index (χ0v) is 67.9. The van der Waals surface area contributed by atoms with Crippen LogP contribution >= 0.6 is 0 Å². The molecule has 650 valence electrons. The lowest BCUT2D eigenvalue weighted by Crippen LogP contribution is -2.59. The number of hydrogen-bond acceptors (Lipinski definition) is 24. The first-order valence-electron chi connectivity index (χ1n) is 41.9. The van der Waals surface area contributed by atoms with Gasteiger partial charge in [-0.05, 0) is 274 Å². The van der Waals surface area contributed by atoms with Crippen molar-refractivity contribution in [3.63, 3.8) is 0 Å². The van der Waals surface area contributed by atoms with Gasteiger partial charge in [-0.3, -0.25) is 4.79 Å². The van der Waals surface area contributed by atoms with E-state index in [4.69, 9.17) is 63.9 Å². The number of carbonyl (C=O) groups excluding carboxylic acids is 12. The average molecular weight is 1670 g/mol. The standard InChI is InChI=1S/C21H26F3N5O3.C21H27F3N4O2.C21H34N2O4.C16H26N2O2.3CO2/c22-21(23,24)15-1-3-26-18(28-15)27-14-2-4-29(10-14)19(31)32-16-12-5-11-6-13(16)9-20(7-11,8-12)17(25)30;1-20-8-12-6-13(9-20)17(14(7-12)10-20)30-19(29)28-5-3-15(11-28)26-18-25-4-2-16(27-18)21(22,23)24;1-20(2,3)27-18(24)22-16-5-6-23(12-16)19(25)26-17-14-7-13-8-15(17)11-21(4,9-13)10-14;1-16-6-10-4-11(7-16)14(12(5-10)8-16)20-15(19)18-3-2-13(17)9-18;3*2-1-3/h1,3,11-14,16H,2,4-10H2,(H2,25,30)(H,26,27,28);2,4,12-15,17H,3,5-11H2,1H3,(H,25,26,27);13-17H,5-12H2,1-4H3,(H,22,24);10-14H,2-9,17H2,1H3;;;/t11?,12?,13?,14-,16?,20?;12?,13?,14?,15-,17?,20?;13?,14?,15?,16-,17?,21?;10?,11?,12?,13-,14?,16?;;;/m1111.../s1. The zero-order valence-electron chi connectivity index (χ0n) is 67.9. The van der Waals surface area contributed by atoms with Crippen molar-refractivity contribution in [2.75, 3.05) is 63.0 Å². The molecule has 20 aliphatic rings. The van der Waals surface area contributed by atoms with E-state index in [1.54, 1.807) is 19.6 Å². The predicted molar refractivity (Wildman–Crippen MR) is 401 cm³/mol. The molecule has 4 aliphatic heterocycles. The molecule has 20 fully saturated rings. The van der Waals surface area contributed by atoms with E-state index in [1.165, 1.54) is 83.5 Å². The van der Waals surface area contributed by atoms with Crippen LogP contribution in [0, 0.1) is 92.7 Å². The van der Waals surface area contributed by atoms with Gasteiger partial charge in [0, 0.05) is 82.9 Å². The number of nitrogens with zero attached hydrogens (tertiary/aromatic N) is 8. The maximum Gasteiger partial charge on any atom is 0.433 e. The van der Waals surface area contributed by atoms with Crippen molar-refractivity contribution in [2.24, 2.45) is 104 Å². The van der Waals surface area contributed by atoms with Crippen molar-refractivity contribution in [3.05, 3.63) is 35.9 Å². The van der Waals surface area contributed by atoms with Gasteiger partial charge in [-0.25, -0.2) is 43.9 Å². The fourth-order valence-corrected chi connectivity index (χ4v) is 25.1. The molecule has 12 atom stereocenters. The van der Waals surface area contributed by atoms with Gasteiger partial charge in [0.1, 0.15) is 41.4 Å². The van der Waals surface area contributed by atoms with Crippen molar-refractivity contribution in [3.8, 4) is 0 Å². The van der Waals surface area contributed by atoms with Gasteiger partial charge < -0.3 is 70.7 Å². The number of primary amides is 1. The molecule has 8 unspecified atom stereocenters. The number of alkyl carbamates (subject to hydrolysis) is 1. The molecule has 16 aliphatic carbocycles. The Morgan fingerprint density at radius 1 is 0.441 bits per heavy atom. The Balaban J connectivity index is 0.000000141. The molecule has 22 rings (SSSR count). The lowest BCUT2D eigenvalue weighted by atomic mass is 9.48.